The Morgan fingerprint density at radius 2 is 2.10 bits per heavy atom. The standard InChI is InChI=1S/C15H23N5/c1-4-12-13(8-17)15(19-18-14(12)5-2)20-9-11(7-16)6-10(20)3/h10-11H,4-7,9,16H2,1-3H3. The summed E-state index contributed by atoms with van der Waals surface area (Å²) in [6.07, 6.45) is 2.68. The predicted octanol–water partition coefficient (Wildman–Crippen LogP) is 1.65. The van der Waals surface area contributed by atoms with Gasteiger partial charge in [0, 0.05) is 12.6 Å². The molecule has 1 fully saturated rings. The van der Waals surface area contributed by atoms with Gasteiger partial charge in [-0.3, -0.25) is 0 Å². The Morgan fingerprint density at radius 1 is 1.35 bits per heavy atom. The molecule has 0 saturated carbocycles. The second-order valence-electron chi connectivity index (χ2n) is 5.48. The van der Waals surface area contributed by atoms with E-state index in [9.17, 15) is 5.26 Å². The Kier molecular flexibility index (Phi) is 4.56. The molecule has 0 amide bonds. The first-order chi connectivity index (χ1) is 9.65. The zero-order chi connectivity index (χ0) is 14.7. The summed E-state index contributed by atoms with van der Waals surface area (Å²) in [6, 6.07) is 2.71. The van der Waals surface area contributed by atoms with Crippen LogP contribution in [0.4, 0.5) is 5.82 Å². The molecular formula is C15H23N5. The molecule has 1 saturated heterocycles. The summed E-state index contributed by atoms with van der Waals surface area (Å²) in [5, 5.41) is 18.2. The molecule has 108 valence electrons. The second kappa shape index (κ2) is 6.19. The van der Waals surface area contributed by atoms with Crippen LogP contribution >= 0.6 is 0 Å². The van der Waals surface area contributed by atoms with Crippen molar-refractivity contribution in [2.45, 2.75) is 46.1 Å². The Morgan fingerprint density at radius 3 is 2.60 bits per heavy atom. The highest BCUT2D eigenvalue weighted by Crippen LogP contribution is 2.31. The van der Waals surface area contributed by atoms with Crippen LogP contribution in [-0.4, -0.2) is 29.3 Å². The first-order valence-electron chi connectivity index (χ1n) is 7.41. The fraction of sp³-hybridized carbons (Fsp3) is 0.667. The number of hydrogen-bond acceptors (Lipinski definition) is 5. The van der Waals surface area contributed by atoms with Crippen LogP contribution in [0.15, 0.2) is 0 Å². The normalized spacial score (nSPS) is 22.1. The third-order valence-electron chi connectivity index (χ3n) is 4.21. The molecule has 5 nitrogen and oxygen atoms in total. The Labute approximate surface area is 120 Å². The highest BCUT2D eigenvalue weighted by Gasteiger charge is 2.31. The van der Waals surface area contributed by atoms with Gasteiger partial charge in [-0.15, -0.1) is 5.10 Å². The van der Waals surface area contributed by atoms with E-state index in [4.69, 9.17) is 5.73 Å². The van der Waals surface area contributed by atoms with Gasteiger partial charge in [-0.1, -0.05) is 13.8 Å². The molecular weight excluding hydrogens is 250 g/mol. The number of rotatable bonds is 4. The third kappa shape index (κ3) is 2.48. The summed E-state index contributed by atoms with van der Waals surface area (Å²) in [5.41, 5.74) is 8.46. The Hall–Kier alpha value is -1.67. The molecule has 0 aliphatic carbocycles. The number of aromatic nitrogens is 2. The van der Waals surface area contributed by atoms with Gasteiger partial charge in [0.15, 0.2) is 5.82 Å². The van der Waals surface area contributed by atoms with Crippen molar-refractivity contribution in [2.24, 2.45) is 11.7 Å². The van der Waals surface area contributed by atoms with E-state index in [0.29, 0.717) is 24.1 Å². The predicted molar refractivity (Wildman–Crippen MR) is 79.5 cm³/mol. The van der Waals surface area contributed by atoms with E-state index in [0.717, 1.165) is 42.9 Å². The molecule has 1 aliphatic rings. The van der Waals surface area contributed by atoms with Crippen molar-refractivity contribution >= 4 is 5.82 Å². The summed E-state index contributed by atoms with van der Waals surface area (Å²) in [4.78, 5) is 2.20. The molecule has 1 aromatic heterocycles. The molecule has 5 heteroatoms. The van der Waals surface area contributed by atoms with Crippen LogP contribution in [0.3, 0.4) is 0 Å². The highest BCUT2D eigenvalue weighted by molar-refractivity contribution is 5.59. The quantitative estimate of drug-likeness (QED) is 0.902. The molecule has 20 heavy (non-hydrogen) atoms. The number of hydrogen-bond donors (Lipinski definition) is 1. The number of nitriles is 1. The first-order valence-corrected chi connectivity index (χ1v) is 7.41. The zero-order valence-corrected chi connectivity index (χ0v) is 12.6. The minimum atomic E-state index is 0.363. The Bertz CT molecular complexity index is 520. The monoisotopic (exact) mass is 273 g/mol. The van der Waals surface area contributed by atoms with Crippen molar-refractivity contribution in [1.82, 2.24) is 10.2 Å². The molecule has 2 atom stereocenters. The van der Waals surface area contributed by atoms with Gasteiger partial charge >= 0.3 is 0 Å². The molecule has 0 bridgehead atoms. The maximum Gasteiger partial charge on any atom is 0.169 e. The van der Waals surface area contributed by atoms with Crippen LogP contribution in [0.2, 0.25) is 0 Å². The van der Waals surface area contributed by atoms with Crippen molar-refractivity contribution in [3.05, 3.63) is 16.8 Å². The summed E-state index contributed by atoms with van der Waals surface area (Å²) >= 11 is 0. The minimum Gasteiger partial charge on any atom is -0.351 e. The van der Waals surface area contributed by atoms with Gasteiger partial charge in [-0.25, -0.2) is 0 Å². The summed E-state index contributed by atoms with van der Waals surface area (Å²) < 4.78 is 0. The van der Waals surface area contributed by atoms with E-state index >= 15 is 0 Å². The molecule has 2 N–H and O–H groups in total. The maximum atomic E-state index is 9.55. The molecule has 0 spiro atoms. The highest BCUT2D eigenvalue weighted by atomic mass is 15.3. The van der Waals surface area contributed by atoms with Crippen LogP contribution in [0.5, 0.6) is 0 Å². The lowest BCUT2D eigenvalue weighted by Gasteiger charge is -2.24. The van der Waals surface area contributed by atoms with Crippen LogP contribution in [0.1, 0.15) is 44.0 Å². The summed E-state index contributed by atoms with van der Waals surface area (Å²) in [5.74, 6) is 1.22. The molecule has 1 aliphatic heterocycles. The molecule has 0 radical (unpaired) electrons. The third-order valence-corrected chi connectivity index (χ3v) is 4.21. The van der Waals surface area contributed by atoms with Gasteiger partial charge in [0.05, 0.1) is 5.69 Å². The van der Waals surface area contributed by atoms with E-state index in [1.807, 2.05) is 6.92 Å². The average molecular weight is 273 g/mol. The van der Waals surface area contributed by atoms with Crippen molar-refractivity contribution in [3.63, 3.8) is 0 Å². The number of aryl methyl sites for hydroxylation is 1. The van der Waals surface area contributed by atoms with Crippen LogP contribution in [0.25, 0.3) is 0 Å². The topological polar surface area (TPSA) is 78.8 Å². The molecule has 2 unspecified atom stereocenters. The zero-order valence-electron chi connectivity index (χ0n) is 12.6. The van der Waals surface area contributed by atoms with Gasteiger partial charge in [-0.05, 0) is 44.2 Å². The molecule has 0 aromatic carbocycles. The van der Waals surface area contributed by atoms with E-state index < -0.39 is 0 Å². The second-order valence-corrected chi connectivity index (χ2v) is 5.48. The van der Waals surface area contributed by atoms with Crippen LogP contribution in [-0.2, 0) is 12.8 Å². The largest absolute Gasteiger partial charge is 0.351 e. The van der Waals surface area contributed by atoms with Gasteiger partial charge in [0.1, 0.15) is 11.6 Å². The molecule has 2 heterocycles. The van der Waals surface area contributed by atoms with Crippen molar-refractivity contribution in [3.8, 4) is 6.07 Å². The SMILES string of the molecule is CCc1nnc(N2CC(CN)CC2C)c(C#N)c1CC. The lowest BCUT2D eigenvalue weighted by Crippen LogP contribution is -2.30. The van der Waals surface area contributed by atoms with Crippen LogP contribution in [0, 0.1) is 17.2 Å². The van der Waals surface area contributed by atoms with Gasteiger partial charge in [0.2, 0.25) is 0 Å². The lowest BCUT2D eigenvalue weighted by molar-refractivity contribution is 0.579. The average Bonchev–Trinajstić information content (AvgIpc) is 2.86. The smallest absolute Gasteiger partial charge is 0.169 e. The number of anilines is 1. The fourth-order valence-corrected chi connectivity index (χ4v) is 3.09. The fourth-order valence-electron chi connectivity index (χ4n) is 3.09. The van der Waals surface area contributed by atoms with E-state index in [-0.39, 0.29) is 0 Å². The summed E-state index contributed by atoms with van der Waals surface area (Å²) in [7, 11) is 0. The lowest BCUT2D eigenvalue weighted by atomic mass is 10.0. The number of nitrogens with two attached hydrogens (primary N) is 1. The van der Waals surface area contributed by atoms with Gasteiger partial charge in [-0.2, -0.15) is 10.4 Å². The summed E-state index contributed by atoms with van der Waals surface area (Å²) in [6.45, 7) is 7.83. The molecule has 1 aromatic rings. The maximum absolute atomic E-state index is 9.55. The van der Waals surface area contributed by atoms with E-state index in [1.54, 1.807) is 0 Å². The van der Waals surface area contributed by atoms with Crippen molar-refractivity contribution in [2.75, 3.05) is 18.0 Å². The van der Waals surface area contributed by atoms with E-state index in [1.165, 1.54) is 0 Å². The Balaban J connectivity index is 2.45. The first kappa shape index (κ1) is 14.7. The van der Waals surface area contributed by atoms with Crippen molar-refractivity contribution in [1.29, 1.82) is 5.26 Å². The van der Waals surface area contributed by atoms with Crippen molar-refractivity contribution < 1.29 is 0 Å². The number of nitrogens with zero attached hydrogens (tertiary/aromatic N) is 4. The van der Waals surface area contributed by atoms with Crippen LogP contribution < -0.4 is 10.6 Å². The molecule has 2 rings (SSSR count). The minimum absolute atomic E-state index is 0.363. The van der Waals surface area contributed by atoms with E-state index in [2.05, 4.69) is 35.0 Å². The van der Waals surface area contributed by atoms with Gasteiger partial charge in [0.25, 0.3) is 0 Å². The van der Waals surface area contributed by atoms with Gasteiger partial charge < -0.3 is 10.6 Å².